The number of hydrogen-bond donors (Lipinski definition) is 0. The van der Waals surface area contributed by atoms with E-state index < -0.39 is 0 Å². The largest absolute Gasteiger partial charge is 0.296 e. The van der Waals surface area contributed by atoms with Crippen LogP contribution in [0.5, 0.6) is 0 Å². The van der Waals surface area contributed by atoms with Gasteiger partial charge in [0.2, 0.25) is 0 Å². The van der Waals surface area contributed by atoms with Crippen molar-refractivity contribution in [3.63, 3.8) is 0 Å². The van der Waals surface area contributed by atoms with E-state index in [0.29, 0.717) is 5.02 Å². The fourth-order valence-corrected chi connectivity index (χ4v) is 2.17. The topological polar surface area (TPSA) is 17.3 Å². The minimum atomic E-state index is 0.692. The maximum Gasteiger partial charge on any atom is 0.0465 e. The molecule has 1 saturated heterocycles. The Morgan fingerprint density at radius 3 is 2.60 bits per heavy atom. The van der Waals surface area contributed by atoms with E-state index in [1.807, 2.05) is 12.1 Å². The highest BCUT2D eigenvalue weighted by molar-refractivity contribution is 6.35. The summed E-state index contributed by atoms with van der Waals surface area (Å²) in [6.45, 7) is 4.82. The molecule has 0 spiro atoms. The summed E-state index contributed by atoms with van der Waals surface area (Å²) >= 11 is 12.0. The summed E-state index contributed by atoms with van der Waals surface area (Å²) in [6, 6.07) is 5.68. The number of halogens is 2. The number of hydrogen-bond acceptors (Lipinski definition) is 1. The van der Waals surface area contributed by atoms with Crippen LogP contribution >= 0.6 is 23.2 Å². The van der Waals surface area contributed by atoms with E-state index in [0.717, 1.165) is 43.3 Å². The van der Waals surface area contributed by atoms with Crippen molar-refractivity contribution >= 4 is 23.2 Å². The zero-order valence-electron chi connectivity index (χ0n) is 8.42. The molecular weight excluding hydrogens is 231 g/mol. The van der Waals surface area contributed by atoms with Crippen molar-refractivity contribution in [1.29, 1.82) is 0 Å². The molecule has 0 N–H and O–H groups in total. The summed E-state index contributed by atoms with van der Waals surface area (Å²) in [5.74, 6) is 0. The van der Waals surface area contributed by atoms with Crippen molar-refractivity contribution in [2.45, 2.75) is 6.54 Å². The van der Waals surface area contributed by atoms with Gasteiger partial charge in [0.25, 0.3) is 0 Å². The molecular formula is C11H13Cl2N2. The van der Waals surface area contributed by atoms with Crippen LogP contribution in [-0.2, 0) is 6.54 Å². The quantitative estimate of drug-likeness (QED) is 0.780. The molecule has 15 heavy (non-hydrogen) atoms. The molecule has 0 amide bonds. The van der Waals surface area contributed by atoms with Crippen molar-refractivity contribution in [3.05, 3.63) is 33.8 Å². The van der Waals surface area contributed by atoms with E-state index in [4.69, 9.17) is 23.2 Å². The van der Waals surface area contributed by atoms with E-state index in [9.17, 15) is 0 Å². The van der Waals surface area contributed by atoms with Gasteiger partial charge in [0.05, 0.1) is 0 Å². The molecule has 0 aliphatic carbocycles. The van der Waals surface area contributed by atoms with Crippen LogP contribution < -0.4 is 5.32 Å². The lowest BCUT2D eigenvalue weighted by Gasteiger charge is -2.26. The fourth-order valence-electron chi connectivity index (χ4n) is 1.70. The van der Waals surface area contributed by atoms with Crippen molar-refractivity contribution < 1.29 is 0 Å². The standard InChI is InChI=1S/C11H13Cl2N2/c12-10-2-1-9(11(13)7-10)8-15-5-3-14-4-6-15/h1-2,7H,3-6,8H2. The molecule has 2 nitrogen and oxygen atoms in total. The van der Waals surface area contributed by atoms with Crippen LogP contribution in [0.1, 0.15) is 5.56 Å². The molecule has 4 heteroatoms. The Bertz CT molecular complexity index is 335. The minimum absolute atomic E-state index is 0.692. The molecule has 81 valence electrons. The van der Waals surface area contributed by atoms with Gasteiger partial charge in [-0.15, -0.1) is 0 Å². The second-order valence-electron chi connectivity index (χ2n) is 3.68. The van der Waals surface area contributed by atoms with E-state index in [1.54, 1.807) is 6.07 Å². The molecule has 1 heterocycles. The highest BCUT2D eigenvalue weighted by atomic mass is 35.5. The molecule has 1 aliphatic rings. The van der Waals surface area contributed by atoms with Crippen molar-refractivity contribution in [1.82, 2.24) is 10.2 Å². The lowest BCUT2D eigenvalue weighted by molar-refractivity contribution is 0.231. The Kier molecular flexibility index (Phi) is 3.87. The van der Waals surface area contributed by atoms with Gasteiger partial charge >= 0.3 is 0 Å². The smallest absolute Gasteiger partial charge is 0.0465 e. The Morgan fingerprint density at radius 2 is 1.93 bits per heavy atom. The van der Waals surface area contributed by atoms with Gasteiger partial charge < -0.3 is 0 Å². The van der Waals surface area contributed by atoms with Gasteiger partial charge in [0, 0.05) is 42.8 Å². The number of nitrogens with zero attached hydrogens (tertiary/aromatic N) is 2. The van der Waals surface area contributed by atoms with Gasteiger partial charge in [-0.1, -0.05) is 29.3 Å². The van der Waals surface area contributed by atoms with Crippen LogP contribution in [0.2, 0.25) is 10.0 Å². The van der Waals surface area contributed by atoms with Crippen LogP contribution in [-0.4, -0.2) is 31.1 Å². The molecule has 0 unspecified atom stereocenters. The maximum atomic E-state index is 6.11. The average Bonchev–Trinajstić information content (AvgIpc) is 2.24. The summed E-state index contributed by atoms with van der Waals surface area (Å²) in [5, 5.41) is 5.76. The third kappa shape index (κ3) is 3.08. The molecule has 0 atom stereocenters. The molecule has 1 aliphatic heterocycles. The second kappa shape index (κ2) is 5.17. The summed E-state index contributed by atoms with van der Waals surface area (Å²) in [6.07, 6.45) is 0. The van der Waals surface area contributed by atoms with E-state index >= 15 is 0 Å². The highest BCUT2D eigenvalue weighted by Crippen LogP contribution is 2.22. The van der Waals surface area contributed by atoms with Crippen molar-refractivity contribution in [3.8, 4) is 0 Å². The monoisotopic (exact) mass is 243 g/mol. The molecule has 0 bridgehead atoms. The zero-order valence-corrected chi connectivity index (χ0v) is 9.93. The lowest BCUT2D eigenvalue weighted by atomic mass is 10.2. The molecule has 1 aromatic carbocycles. The van der Waals surface area contributed by atoms with Crippen molar-refractivity contribution in [2.24, 2.45) is 0 Å². The van der Waals surface area contributed by atoms with Crippen molar-refractivity contribution in [2.75, 3.05) is 26.2 Å². The first-order valence-corrected chi connectivity index (χ1v) is 5.81. The third-order valence-corrected chi connectivity index (χ3v) is 3.14. The highest BCUT2D eigenvalue weighted by Gasteiger charge is 2.12. The van der Waals surface area contributed by atoms with Gasteiger partial charge in [-0.25, -0.2) is 5.32 Å². The summed E-state index contributed by atoms with van der Waals surface area (Å²) < 4.78 is 0. The first kappa shape index (κ1) is 11.2. The third-order valence-electron chi connectivity index (χ3n) is 2.56. The zero-order chi connectivity index (χ0) is 10.7. The molecule has 1 aromatic rings. The Balaban J connectivity index is 2.03. The first-order valence-electron chi connectivity index (χ1n) is 5.05. The normalized spacial score (nSPS) is 18.0. The van der Waals surface area contributed by atoms with E-state index in [2.05, 4.69) is 10.2 Å². The Labute approximate surface area is 100 Å². The second-order valence-corrected chi connectivity index (χ2v) is 4.53. The van der Waals surface area contributed by atoms with Gasteiger partial charge in [-0.05, 0) is 17.7 Å². The SMILES string of the molecule is Clc1ccc(CN2CC[N]CC2)c(Cl)c1. The average molecular weight is 244 g/mol. The number of benzene rings is 1. The summed E-state index contributed by atoms with van der Waals surface area (Å²) in [4.78, 5) is 2.36. The predicted octanol–water partition coefficient (Wildman–Crippen LogP) is 2.41. The van der Waals surface area contributed by atoms with Gasteiger partial charge in [0.15, 0.2) is 0 Å². The maximum absolute atomic E-state index is 6.11. The Morgan fingerprint density at radius 1 is 1.20 bits per heavy atom. The lowest BCUT2D eigenvalue weighted by Crippen LogP contribution is -2.39. The molecule has 2 rings (SSSR count). The van der Waals surface area contributed by atoms with Gasteiger partial charge in [-0.3, -0.25) is 4.90 Å². The van der Waals surface area contributed by atoms with Crippen LogP contribution in [0.3, 0.4) is 0 Å². The summed E-state index contributed by atoms with van der Waals surface area (Å²) in [7, 11) is 0. The van der Waals surface area contributed by atoms with E-state index in [-0.39, 0.29) is 0 Å². The Hall–Kier alpha value is -0.280. The minimum Gasteiger partial charge on any atom is -0.296 e. The number of piperazine rings is 1. The van der Waals surface area contributed by atoms with Gasteiger partial charge in [0.1, 0.15) is 0 Å². The van der Waals surface area contributed by atoms with E-state index in [1.165, 1.54) is 0 Å². The van der Waals surface area contributed by atoms with Crippen LogP contribution in [0.25, 0.3) is 0 Å². The van der Waals surface area contributed by atoms with Crippen LogP contribution in [0.15, 0.2) is 18.2 Å². The first-order chi connectivity index (χ1) is 7.25. The molecule has 0 aromatic heterocycles. The molecule has 0 saturated carbocycles. The van der Waals surface area contributed by atoms with Crippen LogP contribution in [0.4, 0.5) is 0 Å². The predicted molar refractivity (Wildman–Crippen MR) is 63.6 cm³/mol. The molecule has 1 radical (unpaired) electrons. The summed E-state index contributed by atoms with van der Waals surface area (Å²) in [5.41, 5.74) is 1.14. The van der Waals surface area contributed by atoms with Gasteiger partial charge in [-0.2, -0.15) is 0 Å². The van der Waals surface area contributed by atoms with Crippen LogP contribution in [0, 0.1) is 0 Å². The molecule has 1 fully saturated rings. The number of rotatable bonds is 2. The fraction of sp³-hybridized carbons (Fsp3) is 0.455.